The Morgan fingerprint density at radius 1 is 1.05 bits per heavy atom. The average Bonchev–Trinajstić information content (AvgIpc) is 2.46. The highest BCUT2D eigenvalue weighted by molar-refractivity contribution is 7.95. The van der Waals surface area contributed by atoms with Crippen LogP contribution >= 0.6 is 12.0 Å². The summed E-state index contributed by atoms with van der Waals surface area (Å²) in [5, 5.41) is 0. The Hall–Kier alpha value is -1.94. The van der Waals surface area contributed by atoms with E-state index in [9.17, 15) is 4.79 Å². The van der Waals surface area contributed by atoms with Gasteiger partial charge in [-0.25, -0.2) is 0 Å². The largest absolute Gasteiger partial charge is 0.493 e. The maximum Gasteiger partial charge on any atom is 0.180 e. The fraction of sp³-hybridized carbons (Fsp3) is 0.133. The van der Waals surface area contributed by atoms with Crippen LogP contribution in [-0.2, 0) is 0 Å². The molecule has 2 aromatic carbocycles. The minimum absolute atomic E-state index is 0.540. The van der Waals surface area contributed by atoms with Crippen molar-refractivity contribution < 1.29 is 13.7 Å². The lowest BCUT2D eigenvalue weighted by atomic mass is 10.2. The third kappa shape index (κ3) is 3.51. The summed E-state index contributed by atoms with van der Waals surface area (Å²) in [6, 6.07) is 13.1. The van der Waals surface area contributed by atoms with Crippen LogP contribution in [0.25, 0.3) is 0 Å². The molecule has 0 spiro atoms. The zero-order chi connectivity index (χ0) is 13.7. The van der Waals surface area contributed by atoms with Gasteiger partial charge in [0.15, 0.2) is 11.5 Å². The minimum atomic E-state index is 0.540. The summed E-state index contributed by atoms with van der Waals surface area (Å²) in [5.74, 6) is 1.14. The lowest BCUT2D eigenvalue weighted by Crippen LogP contribution is -1.91. The van der Waals surface area contributed by atoms with Crippen LogP contribution in [0.3, 0.4) is 0 Å². The molecule has 0 radical (unpaired) electrons. The maximum absolute atomic E-state index is 10.8. The van der Waals surface area contributed by atoms with E-state index in [0.717, 1.165) is 11.2 Å². The van der Waals surface area contributed by atoms with Crippen LogP contribution in [0, 0.1) is 6.92 Å². The molecule has 0 saturated heterocycles. The molecule has 0 aromatic heterocycles. The first kappa shape index (κ1) is 13.5. The van der Waals surface area contributed by atoms with Crippen LogP contribution in [0.5, 0.6) is 11.5 Å². The number of aldehydes is 1. The second-order valence-electron chi connectivity index (χ2n) is 4.01. The van der Waals surface area contributed by atoms with Crippen LogP contribution in [0.1, 0.15) is 15.9 Å². The summed E-state index contributed by atoms with van der Waals surface area (Å²) < 4.78 is 10.8. The molecule has 98 valence electrons. The van der Waals surface area contributed by atoms with E-state index in [4.69, 9.17) is 8.92 Å². The molecule has 4 heteroatoms. The van der Waals surface area contributed by atoms with Gasteiger partial charge in [0.2, 0.25) is 0 Å². The highest BCUT2D eigenvalue weighted by Gasteiger charge is 2.07. The van der Waals surface area contributed by atoms with Gasteiger partial charge in [-0.2, -0.15) is 0 Å². The van der Waals surface area contributed by atoms with Gasteiger partial charge in [0.25, 0.3) is 0 Å². The smallest absolute Gasteiger partial charge is 0.180 e. The summed E-state index contributed by atoms with van der Waals surface area (Å²) in [4.78, 5) is 11.8. The third-order valence-electron chi connectivity index (χ3n) is 2.57. The van der Waals surface area contributed by atoms with Crippen LogP contribution in [-0.4, -0.2) is 13.4 Å². The number of ether oxygens (including phenoxy) is 1. The summed E-state index contributed by atoms with van der Waals surface area (Å²) in [5.41, 5.74) is 1.75. The highest BCUT2D eigenvalue weighted by Crippen LogP contribution is 2.32. The fourth-order valence-corrected chi connectivity index (χ4v) is 2.08. The van der Waals surface area contributed by atoms with Crippen molar-refractivity contribution in [1.29, 1.82) is 0 Å². The van der Waals surface area contributed by atoms with Crippen molar-refractivity contribution in [2.24, 2.45) is 0 Å². The predicted octanol–water partition coefficient (Wildman–Crippen LogP) is 3.90. The van der Waals surface area contributed by atoms with E-state index in [1.807, 2.05) is 31.2 Å². The second-order valence-corrected chi connectivity index (χ2v) is 4.81. The van der Waals surface area contributed by atoms with Crippen LogP contribution in [0.4, 0.5) is 0 Å². The van der Waals surface area contributed by atoms with E-state index in [2.05, 4.69) is 0 Å². The summed E-state index contributed by atoms with van der Waals surface area (Å²) in [6.07, 6.45) is 0.781. The van der Waals surface area contributed by atoms with Crippen molar-refractivity contribution in [1.82, 2.24) is 0 Å². The highest BCUT2D eigenvalue weighted by atomic mass is 32.2. The molecule has 0 N–H and O–H groups in total. The van der Waals surface area contributed by atoms with Gasteiger partial charge in [-0.1, -0.05) is 17.7 Å². The van der Waals surface area contributed by atoms with Gasteiger partial charge in [0.05, 0.1) is 19.2 Å². The van der Waals surface area contributed by atoms with Gasteiger partial charge in [-0.05, 0) is 37.3 Å². The van der Waals surface area contributed by atoms with Gasteiger partial charge in [-0.15, -0.1) is 0 Å². The van der Waals surface area contributed by atoms with Gasteiger partial charge < -0.3 is 8.92 Å². The summed E-state index contributed by atoms with van der Waals surface area (Å²) in [7, 11) is 1.57. The zero-order valence-corrected chi connectivity index (χ0v) is 11.6. The van der Waals surface area contributed by atoms with Crippen molar-refractivity contribution in [3.8, 4) is 11.5 Å². The number of benzene rings is 2. The Labute approximate surface area is 116 Å². The Bertz CT molecular complexity index is 564. The lowest BCUT2D eigenvalue weighted by molar-refractivity contribution is 0.112. The molecule has 0 saturated carbocycles. The number of hydrogen-bond donors (Lipinski definition) is 0. The molecule has 2 aromatic rings. The first-order valence-electron chi connectivity index (χ1n) is 5.77. The van der Waals surface area contributed by atoms with Crippen molar-refractivity contribution in [3.63, 3.8) is 0 Å². The molecule has 19 heavy (non-hydrogen) atoms. The average molecular weight is 274 g/mol. The molecule has 0 heterocycles. The first-order valence-corrected chi connectivity index (χ1v) is 6.51. The molecular weight excluding hydrogens is 260 g/mol. The molecule has 3 nitrogen and oxygen atoms in total. The van der Waals surface area contributed by atoms with Gasteiger partial charge in [-0.3, -0.25) is 4.79 Å². The number of rotatable bonds is 5. The fourth-order valence-electron chi connectivity index (χ4n) is 1.52. The summed E-state index contributed by atoms with van der Waals surface area (Å²) in [6.45, 7) is 2.03. The molecule has 0 aliphatic carbocycles. The third-order valence-corrected chi connectivity index (χ3v) is 3.30. The number of aryl methyl sites for hydroxylation is 1. The second kappa shape index (κ2) is 6.29. The minimum Gasteiger partial charge on any atom is -0.493 e. The van der Waals surface area contributed by atoms with E-state index in [0.29, 0.717) is 17.1 Å². The molecular formula is C15H14O3S. The zero-order valence-electron chi connectivity index (χ0n) is 10.8. The monoisotopic (exact) mass is 274 g/mol. The Morgan fingerprint density at radius 3 is 2.42 bits per heavy atom. The molecule has 0 amide bonds. The molecule has 2 rings (SSSR count). The van der Waals surface area contributed by atoms with Crippen molar-refractivity contribution in [3.05, 3.63) is 53.6 Å². The predicted molar refractivity (Wildman–Crippen MR) is 76.0 cm³/mol. The van der Waals surface area contributed by atoms with Crippen molar-refractivity contribution in [2.75, 3.05) is 7.11 Å². The normalized spacial score (nSPS) is 10.0. The lowest BCUT2D eigenvalue weighted by Gasteiger charge is -2.09. The van der Waals surface area contributed by atoms with Crippen LogP contribution in [0.15, 0.2) is 47.4 Å². The molecule has 0 fully saturated rings. The Morgan fingerprint density at radius 2 is 1.79 bits per heavy atom. The number of methoxy groups -OCH3 is 1. The number of hydrogen-bond acceptors (Lipinski definition) is 4. The molecule has 0 unspecified atom stereocenters. The van der Waals surface area contributed by atoms with Gasteiger partial charge in [0.1, 0.15) is 6.29 Å². The first-order chi connectivity index (χ1) is 9.22. The SMILES string of the molecule is COc1ccc(C=O)cc1OSc1ccc(C)cc1. The summed E-state index contributed by atoms with van der Waals surface area (Å²) >= 11 is 1.24. The van der Waals surface area contributed by atoms with E-state index >= 15 is 0 Å². The topological polar surface area (TPSA) is 35.5 Å². The van der Waals surface area contributed by atoms with Gasteiger partial charge >= 0.3 is 0 Å². The van der Waals surface area contributed by atoms with E-state index in [1.54, 1.807) is 25.3 Å². The van der Waals surface area contributed by atoms with Crippen molar-refractivity contribution >= 4 is 18.3 Å². The number of carbonyl (C=O) groups is 1. The van der Waals surface area contributed by atoms with Crippen LogP contribution < -0.4 is 8.92 Å². The molecule has 0 aliphatic rings. The standard InChI is InChI=1S/C15H14O3S/c1-11-3-6-13(7-4-11)19-18-15-9-12(10-16)5-8-14(15)17-2/h3-10H,1-2H3. The number of carbonyl (C=O) groups excluding carboxylic acids is 1. The molecule has 0 atom stereocenters. The Balaban J connectivity index is 2.13. The maximum atomic E-state index is 10.8. The van der Waals surface area contributed by atoms with Crippen LogP contribution in [0.2, 0.25) is 0 Å². The Kier molecular flexibility index (Phi) is 4.47. The van der Waals surface area contributed by atoms with E-state index in [-0.39, 0.29) is 0 Å². The molecule has 0 aliphatic heterocycles. The van der Waals surface area contributed by atoms with Crippen molar-refractivity contribution in [2.45, 2.75) is 11.8 Å². The molecule has 0 bridgehead atoms. The van der Waals surface area contributed by atoms with E-state index < -0.39 is 0 Å². The van der Waals surface area contributed by atoms with E-state index in [1.165, 1.54) is 17.6 Å². The quantitative estimate of drug-likeness (QED) is 0.612. The van der Waals surface area contributed by atoms with Gasteiger partial charge in [0, 0.05) is 10.5 Å².